The minimum Gasteiger partial charge on any atom is -0.310 e. The lowest BCUT2D eigenvalue weighted by Gasteiger charge is -2.32. The van der Waals surface area contributed by atoms with Gasteiger partial charge in [0.05, 0.1) is 5.69 Å². The summed E-state index contributed by atoms with van der Waals surface area (Å²) in [5, 5.41) is 2.46. The molecule has 2 aliphatic carbocycles. The van der Waals surface area contributed by atoms with Crippen molar-refractivity contribution in [3.63, 3.8) is 0 Å². The second kappa shape index (κ2) is 12.3. The Hall–Kier alpha value is -5.86. The Kier molecular flexibility index (Phi) is 7.38. The van der Waals surface area contributed by atoms with E-state index in [9.17, 15) is 0 Å². The number of rotatable bonds is 7. The van der Waals surface area contributed by atoms with E-state index in [0.717, 1.165) is 29.2 Å². The van der Waals surface area contributed by atoms with E-state index in [-0.39, 0.29) is 0 Å². The lowest BCUT2D eigenvalue weighted by atomic mass is 9.86. The highest BCUT2D eigenvalue weighted by Gasteiger charge is 2.23. The molecule has 46 heavy (non-hydrogen) atoms. The summed E-state index contributed by atoms with van der Waals surface area (Å²) in [7, 11) is 0. The molecule has 0 saturated heterocycles. The summed E-state index contributed by atoms with van der Waals surface area (Å²) >= 11 is 0. The van der Waals surface area contributed by atoms with Gasteiger partial charge in [0.2, 0.25) is 0 Å². The van der Waals surface area contributed by atoms with Crippen molar-refractivity contribution in [3.8, 4) is 11.1 Å². The third-order valence-electron chi connectivity index (χ3n) is 8.95. The van der Waals surface area contributed by atoms with E-state index >= 15 is 0 Å². The molecule has 0 N–H and O–H groups in total. The number of fused-ring (bicyclic) bond motifs is 2. The SMILES string of the molecule is C1=CC2=C(N(c3ccccc3)c3ccc(-c4ccc(N(c5ccccc5)c5cccc6ccccc56)cc4)cc3)C=CCC2C=C1. The first-order valence-electron chi connectivity index (χ1n) is 16.0. The molecule has 0 heterocycles. The summed E-state index contributed by atoms with van der Waals surface area (Å²) in [6.45, 7) is 0. The first-order chi connectivity index (χ1) is 22.8. The number of allylic oxidation sites excluding steroid dienone is 7. The van der Waals surface area contributed by atoms with Crippen molar-refractivity contribution in [3.05, 3.63) is 199 Å². The zero-order valence-electron chi connectivity index (χ0n) is 25.6. The molecule has 0 aromatic heterocycles. The van der Waals surface area contributed by atoms with E-state index in [1.165, 1.54) is 38.9 Å². The molecule has 0 fully saturated rings. The average molecular weight is 591 g/mol. The maximum atomic E-state index is 2.39. The highest BCUT2D eigenvalue weighted by molar-refractivity contribution is 5.99. The van der Waals surface area contributed by atoms with Crippen molar-refractivity contribution in [1.82, 2.24) is 0 Å². The van der Waals surface area contributed by atoms with Gasteiger partial charge < -0.3 is 9.80 Å². The zero-order valence-corrected chi connectivity index (χ0v) is 25.6. The largest absolute Gasteiger partial charge is 0.310 e. The molecule has 220 valence electrons. The van der Waals surface area contributed by atoms with Crippen LogP contribution in [-0.4, -0.2) is 0 Å². The molecule has 0 spiro atoms. The zero-order chi connectivity index (χ0) is 30.7. The van der Waals surface area contributed by atoms with Gasteiger partial charge in [0.1, 0.15) is 0 Å². The summed E-state index contributed by atoms with van der Waals surface area (Å²) in [4.78, 5) is 4.73. The van der Waals surface area contributed by atoms with Crippen molar-refractivity contribution in [2.75, 3.05) is 9.80 Å². The van der Waals surface area contributed by atoms with Gasteiger partial charge in [-0.05, 0) is 89.2 Å². The highest BCUT2D eigenvalue weighted by atomic mass is 15.2. The van der Waals surface area contributed by atoms with Crippen molar-refractivity contribution in [1.29, 1.82) is 0 Å². The molecule has 0 amide bonds. The van der Waals surface area contributed by atoms with Crippen LogP contribution < -0.4 is 9.80 Å². The van der Waals surface area contributed by atoms with Crippen LogP contribution in [-0.2, 0) is 0 Å². The summed E-state index contributed by atoms with van der Waals surface area (Å²) in [6.07, 6.45) is 14.5. The van der Waals surface area contributed by atoms with Gasteiger partial charge >= 0.3 is 0 Å². The van der Waals surface area contributed by atoms with Crippen molar-refractivity contribution < 1.29 is 0 Å². The molecule has 2 aliphatic rings. The molecule has 0 saturated carbocycles. The van der Waals surface area contributed by atoms with Crippen LogP contribution in [0.4, 0.5) is 28.4 Å². The minimum atomic E-state index is 0.415. The van der Waals surface area contributed by atoms with Gasteiger partial charge in [0.25, 0.3) is 0 Å². The molecular weight excluding hydrogens is 556 g/mol. The summed E-state index contributed by atoms with van der Waals surface area (Å²) in [5.41, 5.74) is 10.7. The second-order valence-corrected chi connectivity index (χ2v) is 11.8. The normalized spacial score (nSPS) is 15.2. The third kappa shape index (κ3) is 5.25. The maximum absolute atomic E-state index is 2.39. The van der Waals surface area contributed by atoms with E-state index in [0.29, 0.717) is 5.92 Å². The van der Waals surface area contributed by atoms with Crippen LogP contribution in [0.2, 0.25) is 0 Å². The van der Waals surface area contributed by atoms with Crippen LogP contribution in [0.15, 0.2) is 199 Å². The minimum absolute atomic E-state index is 0.415. The van der Waals surface area contributed by atoms with E-state index < -0.39 is 0 Å². The number of nitrogens with zero attached hydrogens (tertiary/aromatic N) is 2. The Labute approximate surface area is 271 Å². The number of benzene rings is 6. The van der Waals surface area contributed by atoms with Gasteiger partial charge in [0.15, 0.2) is 0 Å². The van der Waals surface area contributed by atoms with Crippen molar-refractivity contribution in [2.45, 2.75) is 6.42 Å². The van der Waals surface area contributed by atoms with Crippen LogP contribution in [0.25, 0.3) is 21.9 Å². The standard InChI is InChI=1S/C44H34N2/c1-3-17-37(18-4-1)45(43-23-11-15-35-13-7-9-21-41(35)43)39-29-25-33(26-30-39)34-27-31-40(32-28-34)46(38-19-5-2-6-20-38)44-24-12-16-36-14-8-10-22-42(36)44/h1-15,17-32,36H,16H2. The Morgan fingerprint density at radius 3 is 1.72 bits per heavy atom. The molecule has 0 radical (unpaired) electrons. The Bertz CT molecular complexity index is 2100. The third-order valence-corrected chi connectivity index (χ3v) is 8.95. The van der Waals surface area contributed by atoms with Crippen LogP contribution in [0.3, 0.4) is 0 Å². The molecule has 8 rings (SSSR count). The molecule has 0 aliphatic heterocycles. The fourth-order valence-electron chi connectivity index (χ4n) is 6.71. The lowest BCUT2D eigenvalue weighted by molar-refractivity contribution is 0.763. The van der Waals surface area contributed by atoms with Gasteiger partial charge in [-0.2, -0.15) is 0 Å². The van der Waals surface area contributed by atoms with Crippen LogP contribution in [0.5, 0.6) is 0 Å². The number of hydrogen-bond acceptors (Lipinski definition) is 2. The molecule has 6 aromatic rings. The summed E-state index contributed by atoms with van der Waals surface area (Å²) in [5.74, 6) is 0.415. The smallest absolute Gasteiger partial charge is 0.0540 e. The first-order valence-corrected chi connectivity index (χ1v) is 16.0. The fourth-order valence-corrected chi connectivity index (χ4v) is 6.71. The number of para-hydroxylation sites is 2. The topological polar surface area (TPSA) is 6.48 Å². The van der Waals surface area contributed by atoms with E-state index in [4.69, 9.17) is 0 Å². The molecule has 6 aromatic carbocycles. The van der Waals surface area contributed by atoms with E-state index in [1.807, 2.05) is 0 Å². The summed E-state index contributed by atoms with van der Waals surface area (Å²) in [6, 6.07) is 54.3. The van der Waals surface area contributed by atoms with Crippen LogP contribution >= 0.6 is 0 Å². The molecule has 1 unspecified atom stereocenters. The van der Waals surface area contributed by atoms with E-state index in [1.54, 1.807) is 0 Å². The van der Waals surface area contributed by atoms with Crippen molar-refractivity contribution in [2.24, 2.45) is 5.92 Å². The molecule has 0 bridgehead atoms. The molecular formula is C44H34N2. The average Bonchev–Trinajstić information content (AvgIpc) is 3.14. The Morgan fingerprint density at radius 1 is 0.457 bits per heavy atom. The lowest BCUT2D eigenvalue weighted by Crippen LogP contribution is -2.21. The predicted molar refractivity (Wildman–Crippen MR) is 195 cm³/mol. The molecule has 1 atom stereocenters. The van der Waals surface area contributed by atoms with Gasteiger partial charge in [-0.15, -0.1) is 0 Å². The predicted octanol–water partition coefficient (Wildman–Crippen LogP) is 12.1. The van der Waals surface area contributed by atoms with Crippen LogP contribution in [0, 0.1) is 5.92 Å². The number of anilines is 5. The summed E-state index contributed by atoms with van der Waals surface area (Å²) < 4.78 is 0. The highest BCUT2D eigenvalue weighted by Crippen LogP contribution is 2.41. The quantitative estimate of drug-likeness (QED) is 0.182. The second-order valence-electron chi connectivity index (χ2n) is 11.8. The number of hydrogen-bond donors (Lipinski definition) is 0. The monoisotopic (exact) mass is 590 g/mol. The van der Waals surface area contributed by atoms with Gasteiger partial charge in [-0.25, -0.2) is 0 Å². The molecule has 2 nitrogen and oxygen atoms in total. The maximum Gasteiger partial charge on any atom is 0.0540 e. The first kappa shape index (κ1) is 27.7. The van der Waals surface area contributed by atoms with Gasteiger partial charge in [-0.1, -0.05) is 127 Å². The van der Waals surface area contributed by atoms with Crippen LogP contribution in [0.1, 0.15) is 6.42 Å². The Morgan fingerprint density at radius 2 is 1.02 bits per heavy atom. The van der Waals surface area contributed by atoms with Gasteiger partial charge in [-0.3, -0.25) is 0 Å². The van der Waals surface area contributed by atoms with Gasteiger partial charge in [0, 0.05) is 39.8 Å². The van der Waals surface area contributed by atoms with Crippen molar-refractivity contribution >= 4 is 39.2 Å². The molecule has 2 heteroatoms. The Balaban J connectivity index is 1.15. The van der Waals surface area contributed by atoms with E-state index in [2.05, 4.69) is 198 Å². The fraction of sp³-hybridized carbons (Fsp3) is 0.0455.